The highest BCUT2D eigenvalue weighted by Gasteiger charge is 2.34. The maximum Gasteiger partial charge on any atom is 0.293 e. The third-order valence-electron chi connectivity index (χ3n) is 3.78. The van der Waals surface area contributed by atoms with Crippen molar-refractivity contribution in [3.8, 4) is 0 Å². The monoisotopic (exact) mass is 361 g/mol. The average Bonchev–Trinajstić information content (AvgIpc) is 3.31. The first-order valence-electron chi connectivity index (χ1n) is 7.89. The van der Waals surface area contributed by atoms with Crippen molar-refractivity contribution in [1.29, 1.82) is 0 Å². The minimum absolute atomic E-state index is 0.235. The number of amides is 2. The van der Waals surface area contributed by atoms with Gasteiger partial charge in [-0.25, -0.2) is 0 Å². The SMILES string of the molecule is Cc1ccc(/C=C2\SC(=O)N(CCNC(=S)NC3CC3)C2=O)cc1. The van der Waals surface area contributed by atoms with E-state index in [1.165, 1.54) is 4.90 Å². The number of carbonyl (C=O) groups excluding carboxylic acids is 2. The number of thiocarbonyl (C=S) groups is 1. The van der Waals surface area contributed by atoms with E-state index in [0.717, 1.165) is 35.7 Å². The van der Waals surface area contributed by atoms with Crippen LogP contribution in [0.3, 0.4) is 0 Å². The second-order valence-corrected chi connectivity index (χ2v) is 7.32. The largest absolute Gasteiger partial charge is 0.361 e. The van der Waals surface area contributed by atoms with Crippen molar-refractivity contribution >= 4 is 46.3 Å². The molecule has 1 saturated carbocycles. The Labute approximate surface area is 150 Å². The standard InChI is InChI=1S/C17H19N3O2S2/c1-11-2-4-12(5-3-11)10-14-15(21)20(17(22)24-14)9-8-18-16(23)19-13-6-7-13/h2-5,10,13H,6-9H2,1H3,(H2,18,19,23)/b14-10-. The molecule has 2 amide bonds. The molecule has 3 rings (SSSR count). The molecule has 1 aliphatic heterocycles. The van der Waals surface area contributed by atoms with Gasteiger partial charge >= 0.3 is 0 Å². The van der Waals surface area contributed by atoms with Gasteiger partial charge in [0.15, 0.2) is 5.11 Å². The molecule has 2 N–H and O–H groups in total. The van der Waals surface area contributed by atoms with Crippen molar-refractivity contribution in [1.82, 2.24) is 15.5 Å². The zero-order valence-electron chi connectivity index (χ0n) is 13.4. The molecule has 0 aromatic heterocycles. The Morgan fingerprint density at radius 2 is 2.04 bits per heavy atom. The van der Waals surface area contributed by atoms with Crippen LogP contribution in [0.2, 0.25) is 0 Å². The Morgan fingerprint density at radius 3 is 2.71 bits per heavy atom. The molecule has 0 unspecified atom stereocenters. The van der Waals surface area contributed by atoms with Crippen molar-refractivity contribution in [2.24, 2.45) is 0 Å². The van der Waals surface area contributed by atoms with Crippen molar-refractivity contribution in [2.75, 3.05) is 13.1 Å². The Balaban J connectivity index is 1.55. The smallest absolute Gasteiger partial charge is 0.293 e. The van der Waals surface area contributed by atoms with E-state index in [4.69, 9.17) is 12.2 Å². The first kappa shape index (κ1) is 17.0. The molecule has 0 radical (unpaired) electrons. The Kier molecular flexibility index (Phi) is 5.20. The lowest BCUT2D eigenvalue weighted by molar-refractivity contribution is -0.122. The first-order chi connectivity index (χ1) is 11.5. The molecule has 1 aromatic carbocycles. The highest BCUT2D eigenvalue weighted by molar-refractivity contribution is 8.18. The Morgan fingerprint density at radius 1 is 1.33 bits per heavy atom. The van der Waals surface area contributed by atoms with Crippen molar-refractivity contribution in [3.05, 3.63) is 40.3 Å². The summed E-state index contributed by atoms with van der Waals surface area (Å²) in [6.45, 7) is 2.77. The molecule has 0 bridgehead atoms. The molecule has 0 spiro atoms. The van der Waals surface area contributed by atoms with Gasteiger partial charge in [0.05, 0.1) is 4.91 Å². The van der Waals surface area contributed by atoms with Gasteiger partial charge in [-0.05, 0) is 55.4 Å². The van der Waals surface area contributed by atoms with E-state index < -0.39 is 0 Å². The predicted molar refractivity (Wildman–Crippen MR) is 101 cm³/mol. The molecular weight excluding hydrogens is 342 g/mol. The second-order valence-electron chi connectivity index (χ2n) is 5.92. The van der Waals surface area contributed by atoms with Crippen LogP contribution >= 0.6 is 24.0 Å². The summed E-state index contributed by atoms with van der Waals surface area (Å²) in [6.07, 6.45) is 4.06. The van der Waals surface area contributed by atoms with Crippen LogP contribution in [0.1, 0.15) is 24.0 Å². The summed E-state index contributed by atoms with van der Waals surface area (Å²) >= 11 is 6.15. The molecule has 1 aliphatic carbocycles. The van der Waals surface area contributed by atoms with E-state index in [1.807, 2.05) is 31.2 Å². The predicted octanol–water partition coefficient (Wildman–Crippen LogP) is 2.66. The van der Waals surface area contributed by atoms with Gasteiger partial charge in [0.2, 0.25) is 0 Å². The number of nitrogens with zero attached hydrogens (tertiary/aromatic N) is 1. The lowest BCUT2D eigenvalue weighted by Gasteiger charge is -2.14. The van der Waals surface area contributed by atoms with Crippen LogP contribution in [0, 0.1) is 6.92 Å². The molecule has 126 valence electrons. The van der Waals surface area contributed by atoms with E-state index in [1.54, 1.807) is 6.08 Å². The molecule has 2 aliphatic rings. The number of hydrogen-bond acceptors (Lipinski definition) is 4. The van der Waals surface area contributed by atoms with E-state index in [-0.39, 0.29) is 11.1 Å². The number of rotatable bonds is 5. The van der Waals surface area contributed by atoms with Crippen LogP contribution in [-0.4, -0.2) is 40.3 Å². The normalized spacial score (nSPS) is 19.0. The fourth-order valence-electron chi connectivity index (χ4n) is 2.25. The molecule has 1 saturated heterocycles. The zero-order chi connectivity index (χ0) is 17.1. The van der Waals surface area contributed by atoms with E-state index in [9.17, 15) is 9.59 Å². The van der Waals surface area contributed by atoms with Crippen LogP contribution in [0.5, 0.6) is 0 Å². The van der Waals surface area contributed by atoms with Crippen LogP contribution in [0.15, 0.2) is 29.2 Å². The minimum atomic E-state index is -0.242. The van der Waals surface area contributed by atoms with Crippen molar-refractivity contribution in [3.63, 3.8) is 0 Å². The van der Waals surface area contributed by atoms with Gasteiger partial charge in [0.1, 0.15) is 0 Å². The Bertz CT molecular complexity index is 696. The van der Waals surface area contributed by atoms with E-state index in [2.05, 4.69) is 10.6 Å². The summed E-state index contributed by atoms with van der Waals surface area (Å²) < 4.78 is 0. The third kappa shape index (κ3) is 4.36. The van der Waals surface area contributed by atoms with Gasteiger partial charge < -0.3 is 10.6 Å². The van der Waals surface area contributed by atoms with E-state index >= 15 is 0 Å². The van der Waals surface area contributed by atoms with Gasteiger partial charge in [-0.2, -0.15) is 0 Å². The third-order valence-corrected chi connectivity index (χ3v) is 4.95. The number of aryl methyl sites for hydroxylation is 1. The number of carbonyl (C=O) groups is 2. The average molecular weight is 361 g/mol. The fourth-order valence-corrected chi connectivity index (χ4v) is 3.39. The number of benzene rings is 1. The molecule has 24 heavy (non-hydrogen) atoms. The van der Waals surface area contributed by atoms with Crippen LogP contribution < -0.4 is 10.6 Å². The van der Waals surface area contributed by atoms with E-state index in [0.29, 0.717) is 29.1 Å². The van der Waals surface area contributed by atoms with Crippen LogP contribution in [0.4, 0.5) is 4.79 Å². The summed E-state index contributed by atoms with van der Waals surface area (Å²) in [5.74, 6) is -0.242. The first-order valence-corrected chi connectivity index (χ1v) is 9.12. The zero-order valence-corrected chi connectivity index (χ0v) is 15.0. The molecule has 1 heterocycles. The van der Waals surface area contributed by atoms with Crippen molar-refractivity contribution < 1.29 is 9.59 Å². The summed E-state index contributed by atoms with van der Waals surface area (Å²) in [5, 5.41) is 6.55. The van der Waals surface area contributed by atoms with Crippen LogP contribution in [0.25, 0.3) is 6.08 Å². The molecule has 1 aromatic rings. The van der Waals surface area contributed by atoms with Gasteiger partial charge in [-0.15, -0.1) is 0 Å². The lowest BCUT2D eigenvalue weighted by atomic mass is 10.1. The van der Waals surface area contributed by atoms with Gasteiger partial charge in [0, 0.05) is 19.1 Å². The fraction of sp³-hybridized carbons (Fsp3) is 0.353. The minimum Gasteiger partial charge on any atom is -0.361 e. The van der Waals surface area contributed by atoms with Gasteiger partial charge in [0.25, 0.3) is 11.1 Å². The highest BCUT2D eigenvalue weighted by atomic mass is 32.2. The second kappa shape index (κ2) is 7.36. The maximum atomic E-state index is 12.4. The molecule has 2 fully saturated rings. The number of thioether (sulfide) groups is 1. The molecular formula is C17H19N3O2S2. The molecule has 0 atom stereocenters. The number of nitrogens with one attached hydrogen (secondary N) is 2. The highest BCUT2D eigenvalue weighted by Crippen LogP contribution is 2.31. The van der Waals surface area contributed by atoms with Crippen molar-refractivity contribution in [2.45, 2.75) is 25.8 Å². The summed E-state index contributed by atoms with van der Waals surface area (Å²) in [6, 6.07) is 8.32. The van der Waals surface area contributed by atoms with Gasteiger partial charge in [-0.1, -0.05) is 29.8 Å². The lowest BCUT2D eigenvalue weighted by Crippen LogP contribution is -2.42. The quantitative estimate of drug-likeness (QED) is 0.621. The summed E-state index contributed by atoms with van der Waals surface area (Å²) in [5.41, 5.74) is 2.07. The van der Waals surface area contributed by atoms with Crippen LogP contribution in [-0.2, 0) is 4.79 Å². The Hall–Kier alpha value is -1.86. The topological polar surface area (TPSA) is 61.4 Å². The number of hydrogen-bond donors (Lipinski definition) is 2. The summed E-state index contributed by atoms with van der Waals surface area (Å²) in [4.78, 5) is 26.2. The molecule has 7 heteroatoms. The summed E-state index contributed by atoms with van der Waals surface area (Å²) in [7, 11) is 0. The number of imide groups is 1. The maximum absolute atomic E-state index is 12.4. The van der Waals surface area contributed by atoms with Gasteiger partial charge in [-0.3, -0.25) is 14.5 Å². The molecule has 5 nitrogen and oxygen atoms in total.